The molecule has 1 fully saturated rings. The lowest BCUT2D eigenvalue weighted by atomic mass is 9.93. The van der Waals surface area contributed by atoms with Gasteiger partial charge in [0.1, 0.15) is 0 Å². The molecule has 2 heterocycles. The van der Waals surface area contributed by atoms with Gasteiger partial charge in [0.25, 0.3) is 0 Å². The van der Waals surface area contributed by atoms with Crippen LogP contribution in [0.2, 0.25) is 0 Å². The first-order valence-electron chi connectivity index (χ1n) is 10.2. The maximum absolute atomic E-state index is 11.3. The van der Waals surface area contributed by atoms with E-state index in [1.165, 1.54) is 28.0 Å². The van der Waals surface area contributed by atoms with Crippen LogP contribution in [0.1, 0.15) is 36.0 Å². The van der Waals surface area contributed by atoms with Crippen molar-refractivity contribution in [1.82, 2.24) is 4.90 Å². The number of nitrogens with zero attached hydrogens (tertiary/aromatic N) is 2. The Hall–Kier alpha value is -2.59. The monoisotopic (exact) mass is 376 g/mol. The molecule has 0 unspecified atom stereocenters. The van der Waals surface area contributed by atoms with Gasteiger partial charge >= 0.3 is 5.97 Å². The Morgan fingerprint density at radius 3 is 2.71 bits per heavy atom. The molecule has 2 aliphatic rings. The maximum atomic E-state index is 11.3. The molecule has 0 spiro atoms. The Morgan fingerprint density at radius 1 is 1.14 bits per heavy atom. The van der Waals surface area contributed by atoms with Crippen LogP contribution >= 0.6 is 0 Å². The number of piperidine rings is 1. The Bertz CT molecular complexity index is 890. The van der Waals surface area contributed by atoms with Crippen molar-refractivity contribution in [3.8, 4) is 0 Å². The van der Waals surface area contributed by atoms with Crippen molar-refractivity contribution in [2.24, 2.45) is 5.92 Å². The van der Waals surface area contributed by atoms with E-state index >= 15 is 0 Å². The van der Waals surface area contributed by atoms with Gasteiger partial charge in [0.2, 0.25) is 0 Å². The van der Waals surface area contributed by atoms with E-state index in [1.807, 2.05) is 0 Å². The molecular weight excluding hydrogens is 348 g/mol. The van der Waals surface area contributed by atoms with Crippen LogP contribution in [-0.4, -0.2) is 42.7 Å². The lowest BCUT2D eigenvalue weighted by Crippen LogP contribution is -2.39. The summed E-state index contributed by atoms with van der Waals surface area (Å²) >= 11 is 0. The minimum atomic E-state index is -0.655. The molecule has 0 amide bonds. The molecule has 28 heavy (non-hydrogen) atoms. The highest BCUT2D eigenvalue weighted by molar-refractivity contribution is 5.89. The van der Waals surface area contributed by atoms with Gasteiger partial charge < -0.3 is 14.9 Å². The average Bonchev–Trinajstić information content (AvgIpc) is 2.83. The van der Waals surface area contributed by atoms with E-state index in [4.69, 9.17) is 0 Å². The number of rotatable bonds is 4. The number of benzene rings is 2. The molecule has 4 heteroatoms. The van der Waals surface area contributed by atoms with Crippen LogP contribution in [-0.2, 0) is 11.3 Å². The molecule has 2 aliphatic heterocycles. The Morgan fingerprint density at radius 2 is 1.89 bits per heavy atom. The fourth-order valence-electron chi connectivity index (χ4n) is 4.51. The summed E-state index contributed by atoms with van der Waals surface area (Å²) in [5, 5.41) is 9.32. The summed E-state index contributed by atoms with van der Waals surface area (Å²) in [6, 6.07) is 17.3. The van der Waals surface area contributed by atoms with E-state index in [0.29, 0.717) is 6.54 Å². The standard InChI is InChI=1S/C24H28N2O2/c1-25-16-18-8-2-3-10-20(18)21(22-11-4-5-13-23(22)25)12-7-15-26-14-6-9-19(17-26)24(27)28/h2-5,8,10-13,19H,6-7,9,14-17H2,1H3,(H,27,28)/t19-/m1/s1. The highest BCUT2D eigenvalue weighted by atomic mass is 16.4. The molecule has 4 nitrogen and oxygen atoms in total. The second-order valence-electron chi connectivity index (χ2n) is 7.91. The second kappa shape index (κ2) is 8.19. The molecule has 0 radical (unpaired) electrons. The third-order valence-corrected chi connectivity index (χ3v) is 5.97. The number of carboxylic acids is 1. The number of carbonyl (C=O) groups is 1. The van der Waals surface area contributed by atoms with Crippen LogP contribution in [0.25, 0.3) is 5.57 Å². The van der Waals surface area contributed by atoms with Gasteiger partial charge in [-0.3, -0.25) is 4.79 Å². The zero-order valence-corrected chi connectivity index (χ0v) is 16.5. The number of fused-ring (bicyclic) bond motifs is 2. The van der Waals surface area contributed by atoms with Crippen molar-refractivity contribution < 1.29 is 9.90 Å². The van der Waals surface area contributed by atoms with E-state index < -0.39 is 5.97 Å². The summed E-state index contributed by atoms with van der Waals surface area (Å²) in [5.74, 6) is -0.868. The molecule has 146 valence electrons. The first kappa shape index (κ1) is 18.8. The van der Waals surface area contributed by atoms with Crippen molar-refractivity contribution >= 4 is 17.2 Å². The van der Waals surface area contributed by atoms with Gasteiger partial charge in [-0.15, -0.1) is 0 Å². The number of anilines is 1. The Labute approximate surface area is 167 Å². The molecule has 0 bridgehead atoms. The lowest BCUT2D eigenvalue weighted by molar-refractivity contribution is -0.143. The summed E-state index contributed by atoms with van der Waals surface area (Å²) in [6.45, 7) is 3.49. The molecule has 0 aliphatic carbocycles. The predicted molar refractivity (Wildman–Crippen MR) is 113 cm³/mol. The summed E-state index contributed by atoms with van der Waals surface area (Å²) in [5.41, 5.74) is 6.48. The van der Waals surface area contributed by atoms with Crippen LogP contribution in [0, 0.1) is 5.92 Å². The molecule has 4 rings (SSSR count). The Balaban J connectivity index is 1.59. The van der Waals surface area contributed by atoms with Gasteiger partial charge in [-0.2, -0.15) is 0 Å². The van der Waals surface area contributed by atoms with E-state index in [9.17, 15) is 9.90 Å². The number of hydrogen-bond acceptors (Lipinski definition) is 3. The third-order valence-electron chi connectivity index (χ3n) is 5.97. The largest absolute Gasteiger partial charge is 0.481 e. The number of aliphatic carboxylic acids is 1. The maximum Gasteiger partial charge on any atom is 0.307 e. The van der Waals surface area contributed by atoms with Gasteiger partial charge in [-0.05, 0) is 48.6 Å². The summed E-state index contributed by atoms with van der Waals surface area (Å²) < 4.78 is 0. The minimum Gasteiger partial charge on any atom is -0.481 e. The molecule has 2 aromatic carbocycles. The molecule has 2 aromatic rings. The van der Waals surface area contributed by atoms with Gasteiger partial charge in [0.15, 0.2) is 0 Å². The SMILES string of the molecule is CN1Cc2ccccc2C(=CCCN2CCC[C@@H](C(=O)O)C2)c2ccccc21. The van der Waals surface area contributed by atoms with Crippen molar-refractivity contribution in [3.05, 3.63) is 71.3 Å². The fraction of sp³-hybridized carbons (Fsp3) is 0.375. The summed E-state index contributed by atoms with van der Waals surface area (Å²) in [4.78, 5) is 15.9. The van der Waals surface area contributed by atoms with Crippen LogP contribution < -0.4 is 4.90 Å². The molecule has 0 saturated carbocycles. The highest BCUT2D eigenvalue weighted by Crippen LogP contribution is 2.37. The van der Waals surface area contributed by atoms with Gasteiger partial charge in [-0.25, -0.2) is 0 Å². The average molecular weight is 377 g/mol. The van der Waals surface area contributed by atoms with Crippen molar-refractivity contribution in [1.29, 1.82) is 0 Å². The molecule has 1 atom stereocenters. The lowest BCUT2D eigenvalue weighted by Gasteiger charge is -2.30. The van der Waals surface area contributed by atoms with Crippen molar-refractivity contribution in [3.63, 3.8) is 0 Å². The molecule has 0 aromatic heterocycles. The predicted octanol–water partition coefficient (Wildman–Crippen LogP) is 4.25. The minimum absolute atomic E-state index is 0.214. The smallest absolute Gasteiger partial charge is 0.307 e. The van der Waals surface area contributed by atoms with Gasteiger partial charge in [0, 0.05) is 37.9 Å². The zero-order chi connectivity index (χ0) is 19.5. The van der Waals surface area contributed by atoms with Gasteiger partial charge in [-0.1, -0.05) is 48.5 Å². The van der Waals surface area contributed by atoms with Crippen LogP contribution in [0.5, 0.6) is 0 Å². The number of para-hydroxylation sites is 1. The van der Waals surface area contributed by atoms with Gasteiger partial charge in [0.05, 0.1) is 5.92 Å². The third kappa shape index (κ3) is 3.83. The topological polar surface area (TPSA) is 43.8 Å². The molecule has 1 saturated heterocycles. The van der Waals surface area contributed by atoms with E-state index in [0.717, 1.165) is 38.9 Å². The summed E-state index contributed by atoms with van der Waals surface area (Å²) in [6.07, 6.45) is 5.05. The first-order chi connectivity index (χ1) is 13.6. The van der Waals surface area contributed by atoms with E-state index in [-0.39, 0.29) is 5.92 Å². The summed E-state index contributed by atoms with van der Waals surface area (Å²) in [7, 11) is 2.15. The highest BCUT2D eigenvalue weighted by Gasteiger charge is 2.25. The van der Waals surface area contributed by atoms with Crippen molar-refractivity contribution in [2.75, 3.05) is 31.6 Å². The number of hydrogen-bond donors (Lipinski definition) is 1. The molecule has 1 N–H and O–H groups in total. The fourth-order valence-corrected chi connectivity index (χ4v) is 4.51. The zero-order valence-electron chi connectivity index (χ0n) is 16.5. The van der Waals surface area contributed by atoms with E-state index in [2.05, 4.69) is 71.5 Å². The van der Waals surface area contributed by atoms with Crippen LogP contribution in [0.15, 0.2) is 54.6 Å². The number of carboxylic acid groups (broad SMARTS) is 1. The van der Waals surface area contributed by atoms with Crippen LogP contribution in [0.3, 0.4) is 0 Å². The number of likely N-dealkylation sites (tertiary alicyclic amines) is 1. The molecular formula is C24H28N2O2. The van der Waals surface area contributed by atoms with Crippen LogP contribution in [0.4, 0.5) is 5.69 Å². The normalized spacial score (nSPS) is 21.1. The van der Waals surface area contributed by atoms with E-state index in [1.54, 1.807) is 0 Å². The second-order valence-corrected chi connectivity index (χ2v) is 7.91. The quantitative estimate of drug-likeness (QED) is 0.866. The Kier molecular flexibility index (Phi) is 5.49. The first-order valence-corrected chi connectivity index (χ1v) is 10.2. The van der Waals surface area contributed by atoms with Crippen molar-refractivity contribution in [2.45, 2.75) is 25.8 Å².